The van der Waals surface area contributed by atoms with Crippen LogP contribution >= 0.6 is 12.4 Å². The number of nitrogens with one attached hydrogen (secondary N) is 1. The molecule has 7 heteroatoms. The van der Waals surface area contributed by atoms with E-state index in [1.807, 2.05) is 6.07 Å². The second-order valence-corrected chi connectivity index (χ2v) is 6.34. The summed E-state index contributed by atoms with van der Waals surface area (Å²) in [5, 5.41) is 2.56. The van der Waals surface area contributed by atoms with E-state index in [9.17, 15) is 8.42 Å². The van der Waals surface area contributed by atoms with Crippen molar-refractivity contribution in [2.45, 2.75) is 12.2 Å². The molecular weight excluding hydrogens is 274 g/mol. The molecular formula is C11H18ClN3O2S. The Hall–Kier alpha value is -0.690. The van der Waals surface area contributed by atoms with Crippen LogP contribution in [0.25, 0.3) is 0 Å². The maximum absolute atomic E-state index is 12.3. The van der Waals surface area contributed by atoms with Crippen molar-refractivity contribution in [3.8, 4) is 0 Å². The van der Waals surface area contributed by atoms with E-state index >= 15 is 0 Å². The summed E-state index contributed by atoms with van der Waals surface area (Å²) in [6.45, 7) is 4.21. The first-order valence-corrected chi connectivity index (χ1v) is 7.23. The van der Waals surface area contributed by atoms with Gasteiger partial charge in [0.25, 0.3) is 0 Å². The Balaban J connectivity index is 0.00000162. The van der Waals surface area contributed by atoms with Gasteiger partial charge in [-0.3, -0.25) is 4.98 Å². The highest BCUT2D eigenvalue weighted by Gasteiger charge is 2.31. The Morgan fingerprint density at radius 3 is 2.56 bits per heavy atom. The molecule has 0 radical (unpaired) electrons. The van der Waals surface area contributed by atoms with Crippen LogP contribution in [0.5, 0.6) is 0 Å². The van der Waals surface area contributed by atoms with Gasteiger partial charge in [-0.15, -0.1) is 12.4 Å². The number of rotatable bonds is 3. The summed E-state index contributed by atoms with van der Waals surface area (Å²) >= 11 is 0. The molecule has 1 N–H and O–H groups in total. The zero-order valence-electron chi connectivity index (χ0n) is 10.2. The van der Waals surface area contributed by atoms with Crippen LogP contribution < -0.4 is 5.32 Å². The summed E-state index contributed by atoms with van der Waals surface area (Å²) in [6.07, 6.45) is 1.62. The van der Waals surface area contributed by atoms with E-state index in [1.54, 1.807) is 29.6 Å². The first-order chi connectivity index (χ1) is 8.12. The fourth-order valence-corrected chi connectivity index (χ4v) is 3.47. The normalized spacial score (nSPS) is 18.9. The molecule has 1 aliphatic heterocycles. The summed E-state index contributed by atoms with van der Waals surface area (Å²) in [7, 11) is -3.28. The van der Waals surface area contributed by atoms with Crippen LogP contribution in [-0.4, -0.2) is 43.9 Å². The summed E-state index contributed by atoms with van der Waals surface area (Å²) in [5.41, 5.74) is 0.603. The van der Waals surface area contributed by atoms with Crippen LogP contribution in [0.3, 0.4) is 0 Å². The van der Waals surface area contributed by atoms with Gasteiger partial charge in [0.2, 0.25) is 10.0 Å². The summed E-state index contributed by atoms with van der Waals surface area (Å²) in [4.78, 5) is 4.12. The number of halogens is 1. The number of nitrogens with zero attached hydrogens (tertiary/aromatic N) is 2. The van der Waals surface area contributed by atoms with Gasteiger partial charge >= 0.3 is 0 Å². The van der Waals surface area contributed by atoms with E-state index in [4.69, 9.17) is 0 Å². The third kappa shape index (κ3) is 3.20. The Kier molecular flexibility index (Phi) is 5.52. The molecule has 1 aromatic rings. The van der Waals surface area contributed by atoms with Gasteiger partial charge in [0.05, 0.1) is 5.69 Å². The maximum Gasteiger partial charge on any atom is 0.222 e. The molecule has 0 saturated carbocycles. The summed E-state index contributed by atoms with van der Waals surface area (Å²) < 4.78 is 26.2. The number of aromatic nitrogens is 1. The first kappa shape index (κ1) is 15.4. The molecule has 102 valence electrons. The van der Waals surface area contributed by atoms with Crippen molar-refractivity contribution < 1.29 is 8.42 Å². The largest absolute Gasteiger partial charge is 0.314 e. The number of piperazine rings is 1. The predicted molar refractivity (Wildman–Crippen MR) is 73.3 cm³/mol. The number of pyridine rings is 1. The van der Waals surface area contributed by atoms with Crippen LogP contribution in [0.1, 0.15) is 17.9 Å². The SMILES string of the molecule is CC(c1ccccn1)S(=O)(=O)N1CCNCC1.Cl. The standard InChI is InChI=1S/C11H17N3O2S.ClH/c1-10(11-4-2-3-5-13-11)17(15,16)14-8-6-12-7-9-14;/h2-5,10,12H,6-9H2,1H3;1H. The van der Waals surface area contributed by atoms with Crippen molar-refractivity contribution in [2.24, 2.45) is 0 Å². The first-order valence-electron chi connectivity index (χ1n) is 5.73. The van der Waals surface area contributed by atoms with Gasteiger partial charge in [-0.2, -0.15) is 4.31 Å². The molecule has 1 atom stereocenters. The van der Waals surface area contributed by atoms with E-state index < -0.39 is 15.3 Å². The van der Waals surface area contributed by atoms with E-state index in [0.29, 0.717) is 31.9 Å². The molecule has 1 aromatic heterocycles. The second-order valence-electron chi connectivity index (χ2n) is 4.09. The van der Waals surface area contributed by atoms with Crippen molar-refractivity contribution in [1.82, 2.24) is 14.6 Å². The topological polar surface area (TPSA) is 62.3 Å². The Bertz CT molecular complexity index is 460. The molecule has 18 heavy (non-hydrogen) atoms. The lowest BCUT2D eigenvalue weighted by Crippen LogP contribution is -2.47. The summed E-state index contributed by atoms with van der Waals surface area (Å²) in [5.74, 6) is 0. The minimum absolute atomic E-state index is 0. The van der Waals surface area contributed by atoms with Crippen molar-refractivity contribution in [1.29, 1.82) is 0 Å². The third-order valence-corrected chi connectivity index (χ3v) is 5.21. The predicted octanol–water partition coefficient (Wildman–Crippen LogP) is 0.799. The van der Waals surface area contributed by atoms with Gasteiger partial charge in [-0.25, -0.2) is 8.42 Å². The van der Waals surface area contributed by atoms with Crippen LogP contribution in [-0.2, 0) is 10.0 Å². The van der Waals surface area contributed by atoms with Crippen LogP contribution in [0, 0.1) is 0 Å². The monoisotopic (exact) mass is 291 g/mol. The van der Waals surface area contributed by atoms with Crippen molar-refractivity contribution >= 4 is 22.4 Å². The van der Waals surface area contributed by atoms with E-state index in [-0.39, 0.29) is 12.4 Å². The van der Waals surface area contributed by atoms with Crippen molar-refractivity contribution in [3.05, 3.63) is 30.1 Å². The fourth-order valence-electron chi connectivity index (χ4n) is 1.89. The lowest BCUT2D eigenvalue weighted by Gasteiger charge is -2.29. The van der Waals surface area contributed by atoms with Crippen molar-refractivity contribution in [2.75, 3.05) is 26.2 Å². The number of hydrogen-bond acceptors (Lipinski definition) is 4. The molecule has 0 aromatic carbocycles. The van der Waals surface area contributed by atoms with Gasteiger partial charge in [-0.1, -0.05) is 6.07 Å². The van der Waals surface area contributed by atoms with Crippen molar-refractivity contribution in [3.63, 3.8) is 0 Å². The third-order valence-electron chi connectivity index (χ3n) is 2.99. The van der Waals surface area contributed by atoms with Crippen LogP contribution in [0.2, 0.25) is 0 Å². The molecule has 2 rings (SSSR count). The van der Waals surface area contributed by atoms with Gasteiger partial charge in [-0.05, 0) is 19.1 Å². The molecule has 1 aliphatic rings. The molecule has 1 unspecified atom stereocenters. The Morgan fingerprint density at radius 2 is 2.00 bits per heavy atom. The second kappa shape index (κ2) is 6.47. The lowest BCUT2D eigenvalue weighted by molar-refractivity contribution is 0.356. The molecule has 0 amide bonds. The summed E-state index contributed by atoms with van der Waals surface area (Å²) in [6, 6.07) is 5.35. The van der Waals surface area contributed by atoms with Gasteiger partial charge in [0, 0.05) is 32.4 Å². The molecule has 2 heterocycles. The molecule has 5 nitrogen and oxygen atoms in total. The smallest absolute Gasteiger partial charge is 0.222 e. The van der Waals surface area contributed by atoms with Crippen LogP contribution in [0.15, 0.2) is 24.4 Å². The quantitative estimate of drug-likeness (QED) is 0.895. The maximum atomic E-state index is 12.3. The minimum atomic E-state index is -3.28. The Morgan fingerprint density at radius 1 is 1.33 bits per heavy atom. The molecule has 0 bridgehead atoms. The van der Waals surface area contributed by atoms with Crippen LogP contribution in [0.4, 0.5) is 0 Å². The van der Waals surface area contributed by atoms with E-state index in [0.717, 1.165) is 0 Å². The molecule has 1 saturated heterocycles. The highest BCUT2D eigenvalue weighted by Crippen LogP contribution is 2.23. The minimum Gasteiger partial charge on any atom is -0.314 e. The van der Waals surface area contributed by atoms with Gasteiger partial charge in [0.1, 0.15) is 5.25 Å². The molecule has 0 spiro atoms. The zero-order valence-corrected chi connectivity index (χ0v) is 11.9. The Labute approximate surface area is 114 Å². The highest BCUT2D eigenvalue weighted by atomic mass is 35.5. The molecule has 0 aliphatic carbocycles. The zero-order chi connectivity index (χ0) is 12.3. The van der Waals surface area contributed by atoms with E-state index in [1.165, 1.54) is 0 Å². The molecule has 1 fully saturated rings. The lowest BCUT2D eigenvalue weighted by atomic mass is 10.3. The number of hydrogen-bond donors (Lipinski definition) is 1. The van der Waals surface area contributed by atoms with Gasteiger partial charge < -0.3 is 5.32 Å². The average Bonchev–Trinajstić information content (AvgIpc) is 2.40. The highest BCUT2D eigenvalue weighted by molar-refractivity contribution is 7.89. The van der Waals surface area contributed by atoms with Gasteiger partial charge in [0.15, 0.2) is 0 Å². The number of sulfonamides is 1. The fraction of sp³-hybridized carbons (Fsp3) is 0.545. The van der Waals surface area contributed by atoms with E-state index in [2.05, 4.69) is 10.3 Å². The average molecular weight is 292 g/mol.